The van der Waals surface area contributed by atoms with Gasteiger partial charge in [0.1, 0.15) is 5.83 Å². The van der Waals surface area contributed by atoms with Gasteiger partial charge in [0, 0.05) is 6.54 Å². The number of hydrogen-bond acceptors (Lipinski definition) is 1. The van der Waals surface area contributed by atoms with Crippen molar-refractivity contribution in [3.63, 3.8) is 0 Å². The molecule has 0 aromatic carbocycles. The first-order valence-electron chi connectivity index (χ1n) is 2.10. The summed E-state index contributed by atoms with van der Waals surface area (Å²) in [6, 6.07) is 0. The fourth-order valence-corrected chi connectivity index (χ4v) is 0.237. The van der Waals surface area contributed by atoms with Crippen LogP contribution in [-0.4, -0.2) is 12.7 Å². The standard InChI is InChI=1S/C4H5F4N.ClH/c5-3(2-9)1-4(6,7)8;/h1H,2,9H2;1H. The highest BCUT2D eigenvalue weighted by molar-refractivity contribution is 5.85. The summed E-state index contributed by atoms with van der Waals surface area (Å²) in [7, 11) is 0. The van der Waals surface area contributed by atoms with E-state index in [2.05, 4.69) is 5.73 Å². The molecule has 0 radical (unpaired) electrons. The lowest BCUT2D eigenvalue weighted by Crippen LogP contribution is -2.07. The van der Waals surface area contributed by atoms with E-state index in [9.17, 15) is 17.6 Å². The van der Waals surface area contributed by atoms with Gasteiger partial charge in [0.25, 0.3) is 0 Å². The van der Waals surface area contributed by atoms with Gasteiger partial charge in [-0.05, 0) is 0 Å². The molecule has 0 spiro atoms. The molecule has 0 aromatic heterocycles. The summed E-state index contributed by atoms with van der Waals surface area (Å²) in [5.41, 5.74) is 4.54. The van der Waals surface area contributed by atoms with Crippen LogP contribution >= 0.6 is 12.4 Å². The Labute approximate surface area is 61.3 Å². The number of hydrogen-bond donors (Lipinski definition) is 1. The van der Waals surface area contributed by atoms with Gasteiger partial charge in [0.15, 0.2) is 0 Å². The predicted molar refractivity (Wildman–Crippen MR) is 31.5 cm³/mol. The van der Waals surface area contributed by atoms with Crippen LogP contribution in [0.25, 0.3) is 0 Å². The summed E-state index contributed by atoms with van der Waals surface area (Å²) in [5.74, 6) is -1.36. The molecule has 10 heavy (non-hydrogen) atoms. The van der Waals surface area contributed by atoms with Gasteiger partial charge in [-0.25, -0.2) is 4.39 Å². The van der Waals surface area contributed by atoms with Crippen molar-refractivity contribution in [1.29, 1.82) is 0 Å². The minimum atomic E-state index is -4.59. The van der Waals surface area contributed by atoms with Crippen molar-refractivity contribution in [3.05, 3.63) is 11.9 Å². The highest BCUT2D eigenvalue weighted by Crippen LogP contribution is 2.18. The quantitative estimate of drug-likeness (QED) is 0.610. The third-order valence-electron chi connectivity index (χ3n) is 0.515. The molecule has 0 unspecified atom stereocenters. The highest BCUT2D eigenvalue weighted by atomic mass is 35.5. The van der Waals surface area contributed by atoms with E-state index in [1.165, 1.54) is 0 Å². The summed E-state index contributed by atoms with van der Waals surface area (Å²) in [6.07, 6.45) is -5.06. The van der Waals surface area contributed by atoms with Gasteiger partial charge in [-0.1, -0.05) is 0 Å². The van der Waals surface area contributed by atoms with Crippen LogP contribution in [0.15, 0.2) is 11.9 Å². The number of halogens is 5. The highest BCUT2D eigenvalue weighted by Gasteiger charge is 2.24. The van der Waals surface area contributed by atoms with E-state index in [1.807, 2.05) is 0 Å². The van der Waals surface area contributed by atoms with Crippen LogP contribution in [0.2, 0.25) is 0 Å². The molecular formula is C4H6ClF4N. The lowest BCUT2D eigenvalue weighted by Gasteiger charge is -1.97. The van der Waals surface area contributed by atoms with Crippen LogP contribution in [-0.2, 0) is 0 Å². The van der Waals surface area contributed by atoms with Gasteiger partial charge in [-0.2, -0.15) is 13.2 Å². The molecule has 0 aliphatic carbocycles. The zero-order valence-electron chi connectivity index (χ0n) is 4.78. The maximum Gasteiger partial charge on any atom is 0.412 e. The van der Waals surface area contributed by atoms with Crippen molar-refractivity contribution in [2.75, 3.05) is 6.54 Å². The van der Waals surface area contributed by atoms with Crippen LogP contribution < -0.4 is 5.73 Å². The Bertz CT molecular complexity index is 119. The summed E-state index contributed by atoms with van der Waals surface area (Å²) in [6.45, 7) is -0.709. The lowest BCUT2D eigenvalue weighted by molar-refractivity contribution is -0.0814. The van der Waals surface area contributed by atoms with Gasteiger partial charge < -0.3 is 5.73 Å². The van der Waals surface area contributed by atoms with Crippen molar-refractivity contribution < 1.29 is 17.6 Å². The van der Waals surface area contributed by atoms with E-state index < -0.39 is 24.6 Å². The maximum absolute atomic E-state index is 11.6. The van der Waals surface area contributed by atoms with Gasteiger partial charge in [-0.15, -0.1) is 12.4 Å². The van der Waals surface area contributed by atoms with Gasteiger partial charge in [-0.3, -0.25) is 0 Å². The SMILES string of the molecule is Cl.NCC(F)=CC(F)(F)F. The van der Waals surface area contributed by atoms with Crippen molar-refractivity contribution in [2.45, 2.75) is 6.18 Å². The molecule has 0 aliphatic rings. The minimum absolute atomic E-state index is 0. The Morgan fingerprint density at radius 2 is 1.80 bits per heavy atom. The average molecular weight is 180 g/mol. The Morgan fingerprint density at radius 3 is 1.90 bits per heavy atom. The molecule has 0 saturated carbocycles. The Balaban J connectivity index is 0. The normalized spacial score (nSPS) is 12.7. The average Bonchev–Trinajstić information content (AvgIpc) is 1.62. The summed E-state index contributed by atoms with van der Waals surface area (Å²) >= 11 is 0. The molecule has 0 amide bonds. The van der Waals surface area contributed by atoms with Crippen LogP contribution in [0.1, 0.15) is 0 Å². The van der Waals surface area contributed by atoms with Crippen molar-refractivity contribution >= 4 is 12.4 Å². The zero-order valence-corrected chi connectivity index (χ0v) is 5.60. The van der Waals surface area contributed by atoms with E-state index in [-0.39, 0.29) is 12.4 Å². The third-order valence-corrected chi connectivity index (χ3v) is 0.515. The van der Waals surface area contributed by atoms with E-state index in [4.69, 9.17) is 0 Å². The molecule has 0 saturated heterocycles. The molecule has 2 N–H and O–H groups in total. The second-order valence-corrected chi connectivity index (χ2v) is 1.34. The first kappa shape index (κ1) is 12.4. The first-order valence-corrected chi connectivity index (χ1v) is 2.10. The van der Waals surface area contributed by atoms with Crippen LogP contribution in [0.4, 0.5) is 17.6 Å². The van der Waals surface area contributed by atoms with Crippen LogP contribution in [0.3, 0.4) is 0 Å². The minimum Gasteiger partial charge on any atom is -0.325 e. The second-order valence-electron chi connectivity index (χ2n) is 1.34. The maximum atomic E-state index is 11.6. The monoisotopic (exact) mass is 179 g/mol. The number of rotatable bonds is 1. The molecule has 0 aromatic rings. The van der Waals surface area contributed by atoms with Crippen molar-refractivity contribution in [3.8, 4) is 0 Å². The number of alkyl halides is 3. The van der Waals surface area contributed by atoms with Crippen molar-refractivity contribution in [1.82, 2.24) is 0 Å². The molecular weight excluding hydrogens is 173 g/mol. The van der Waals surface area contributed by atoms with Gasteiger partial charge in [0.2, 0.25) is 0 Å². The second kappa shape index (κ2) is 4.51. The molecule has 0 rings (SSSR count). The van der Waals surface area contributed by atoms with E-state index >= 15 is 0 Å². The molecule has 0 heterocycles. The molecule has 0 aliphatic heterocycles. The van der Waals surface area contributed by atoms with E-state index in [0.717, 1.165) is 0 Å². The number of allylic oxidation sites excluding steroid dienone is 1. The first-order chi connectivity index (χ1) is 3.95. The smallest absolute Gasteiger partial charge is 0.325 e. The Hall–Kier alpha value is -0.290. The summed E-state index contributed by atoms with van der Waals surface area (Å²) in [5, 5.41) is 0. The molecule has 6 heteroatoms. The molecule has 1 nitrogen and oxygen atoms in total. The predicted octanol–water partition coefficient (Wildman–Crippen LogP) is 1.78. The molecule has 62 valence electrons. The third kappa shape index (κ3) is 7.71. The van der Waals surface area contributed by atoms with Gasteiger partial charge in [0.05, 0.1) is 6.08 Å². The van der Waals surface area contributed by atoms with Crippen molar-refractivity contribution in [2.24, 2.45) is 5.73 Å². The van der Waals surface area contributed by atoms with Crippen LogP contribution in [0, 0.1) is 0 Å². The Morgan fingerprint density at radius 1 is 1.40 bits per heavy atom. The zero-order chi connectivity index (χ0) is 7.49. The fraction of sp³-hybridized carbons (Fsp3) is 0.500. The number of nitrogens with two attached hydrogens (primary N) is 1. The molecule has 0 atom stereocenters. The molecule has 0 fully saturated rings. The topological polar surface area (TPSA) is 26.0 Å². The lowest BCUT2D eigenvalue weighted by atomic mass is 10.4. The van der Waals surface area contributed by atoms with E-state index in [1.54, 1.807) is 0 Å². The summed E-state index contributed by atoms with van der Waals surface area (Å²) in [4.78, 5) is 0. The van der Waals surface area contributed by atoms with Crippen LogP contribution in [0.5, 0.6) is 0 Å². The van der Waals surface area contributed by atoms with Gasteiger partial charge >= 0.3 is 6.18 Å². The fourth-order valence-electron chi connectivity index (χ4n) is 0.237. The largest absolute Gasteiger partial charge is 0.412 e. The van der Waals surface area contributed by atoms with E-state index in [0.29, 0.717) is 0 Å². The summed E-state index contributed by atoms with van der Waals surface area (Å²) < 4.78 is 45.0. The Kier molecular flexibility index (Phi) is 5.59. The molecule has 0 bridgehead atoms.